The lowest BCUT2D eigenvalue weighted by atomic mass is 10.2. The average Bonchev–Trinajstić information content (AvgIpc) is 3.18. The molecular formula is C21H25ClN4O2S. The van der Waals surface area contributed by atoms with E-state index < -0.39 is 10.0 Å². The number of hydrogen-bond acceptors (Lipinski definition) is 5. The summed E-state index contributed by atoms with van der Waals surface area (Å²) in [5.41, 5.74) is 2.97. The molecule has 154 valence electrons. The van der Waals surface area contributed by atoms with E-state index in [-0.39, 0.29) is 0 Å². The van der Waals surface area contributed by atoms with Gasteiger partial charge in [-0.2, -0.15) is 0 Å². The molecule has 2 heterocycles. The first kappa shape index (κ1) is 20.0. The van der Waals surface area contributed by atoms with Crippen LogP contribution in [0.1, 0.15) is 11.1 Å². The number of nitrogens with zero attached hydrogens (tertiary/aromatic N) is 4. The van der Waals surface area contributed by atoms with Crippen LogP contribution in [-0.2, 0) is 10.0 Å². The van der Waals surface area contributed by atoms with Gasteiger partial charge in [-0.05, 0) is 55.3 Å². The standard InChI is InChI=1S/C21H25ClN4O2S/c1-16-12-17(2)14-20(13-16)29(27,28)26-7-6-23-21(26)25-10-8-24(9-11-25)19-5-3-4-18(22)15-19/h3-5,12-15H,6-11H2,1-2H3. The molecule has 2 aromatic carbocycles. The van der Waals surface area contributed by atoms with E-state index in [9.17, 15) is 8.42 Å². The lowest BCUT2D eigenvalue weighted by Crippen LogP contribution is -2.53. The maximum atomic E-state index is 13.3. The summed E-state index contributed by atoms with van der Waals surface area (Å²) in [6, 6.07) is 13.3. The Morgan fingerprint density at radius 1 is 0.897 bits per heavy atom. The fourth-order valence-corrected chi connectivity index (χ4v) is 5.77. The van der Waals surface area contributed by atoms with Crippen LogP contribution in [0.4, 0.5) is 5.69 Å². The largest absolute Gasteiger partial charge is 0.368 e. The molecule has 0 atom stereocenters. The van der Waals surface area contributed by atoms with Crippen molar-refractivity contribution in [3.8, 4) is 0 Å². The smallest absolute Gasteiger partial charge is 0.266 e. The van der Waals surface area contributed by atoms with Crippen LogP contribution in [0.3, 0.4) is 0 Å². The predicted molar refractivity (Wildman–Crippen MR) is 117 cm³/mol. The summed E-state index contributed by atoms with van der Waals surface area (Å²) in [6.45, 7) is 7.72. The second-order valence-electron chi connectivity index (χ2n) is 7.54. The Hall–Kier alpha value is -2.25. The lowest BCUT2D eigenvalue weighted by Gasteiger charge is -2.39. The van der Waals surface area contributed by atoms with Gasteiger partial charge in [-0.15, -0.1) is 0 Å². The van der Waals surface area contributed by atoms with E-state index in [1.165, 1.54) is 4.31 Å². The van der Waals surface area contributed by atoms with E-state index in [1.54, 1.807) is 12.1 Å². The summed E-state index contributed by atoms with van der Waals surface area (Å²) in [7, 11) is -3.62. The fourth-order valence-electron chi connectivity index (χ4n) is 3.95. The fraction of sp³-hybridized carbons (Fsp3) is 0.381. The van der Waals surface area contributed by atoms with Crippen LogP contribution in [0.15, 0.2) is 52.4 Å². The van der Waals surface area contributed by atoms with Crippen molar-refractivity contribution < 1.29 is 8.42 Å². The zero-order chi connectivity index (χ0) is 20.6. The van der Waals surface area contributed by atoms with Crippen molar-refractivity contribution in [1.29, 1.82) is 0 Å². The summed E-state index contributed by atoms with van der Waals surface area (Å²) >= 11 is 6.12. The van der Waals surface area contributed by atoms with E-state index in [0.717, 1.165) is 34.9 Å². The van der Waals surface area contributed by atoms with Crippen molar-refractivity contribution in [2.75, 3.05) is 44.2 Å². The topological polar surface area (TPSA) is 56.2 Å². The molecule has 0 amide bonds. The second kappa shape index (κ2) is 7.88. The first-order valence-electron chi connectivity index (χ1n) is 9.75. The SMILES string of the molecule is Cc1cc(C)cc(S(=O)(=O)N2CCN=C2N2CCN(c3cccc(Cl)c3)CC2)c1. The summed E-state index contributed by atoms with van der Waals surface area (Å²) in [5, 5.41) is 0.718. The van der Waals surface area contributed by atoms with Gasteiger partial charge in [-0.3, -0.25) is 4.99 Å². The summed E-state index contributed by atoms with van der Waals surface area (Å²) < 4.78 is 28.1. The van der Waals surface area contributed by atoms with Crippen LogP contribution < -0.4 is 4.90 Å². The third kappa shape index (κ3) is 4.07. The molecule has 6 nitrogen and oxygen atoms in total. The van der Waals surface area contributed by atoms with Gasteiger partial charge in [0.2, 0.25) is 5.96 Å². The van der Waals surface area contributed by atoms with Crippen molar-refractivity contribution in [3.63, 3.8) is 0 Å². The molecule has 2 aromatic rings. The Labute approximate surface area is 177 Å². The number of anilines is 1. The molecule has 2 aliphatic rings. The quantitative estimate of drug-likeness (QED) is 0.747. The van der Waals surface area contributed by atoms with Crippen molar-refractivity contribution >= 4 is 33.3 Å². The number of guanidine groups is 1. The highest BCUT2D eigenvalue weighted by Gasteiger charge is 2.35. The molecular weight excluding hydrogens is 408 g/mol. The van der Waals surface area contributed by atoms with Crippen LogP contribution in [0.5, 0.6) is 0 Å². The predicted octanol–water partition coefficient (Wildman–Crippen LogP) is 3.14. The van der Waals surface area contributed by atoms with Crippen LogP contribution in [0, 0.1) is 13.8 Å². The minimum Gasteiger partial charge on any atom is -0.368 e. The monoisotopic (exact) mass is 432 g/mol. The van der Waals surface area contributed by atoms with Crippen LogP contribution >= 0.6 is 11.6 Å². The molecule has 1 fully saturated rings. The Morgan fingerprint density at radius 3 is 2.21 bits per heavy atom. The molecule has 0 spiro atoms. The van der Waals surface area contributed by atoms with Gasteiger partial charge in [0.1, 0.15) is 0 Å². The van der Waals surface area contributed by atoms with Gasteiger partial charge < -0.3 is 9.80 Å². The number of piperazine rings is 1. The minimum atomic E-state index is -3.62. The molecule has 4 rings (SSSR count). The second-order valence-corrected chi connectivity index (χ2v) is 9.84. The molecule has 1 saturated heterocycles. The number of aliphatic imine (C=N–C) groups is 1. The van der Waals surface area contributed by atoms with Crippen LogP contribution in [-0.4, -0.2) is 62.9 Å². The Balaban J connectivity index is 1.51. The molecule has 2 aliphatic heterocycles. The average molecular weight is 433 g/mol. The third-order valence-electron chi connectivity index (χ3n) is 5.30. The normalized spacial score (nSPS) is 17.6. The molecule has 29 heavy (non-hydrogen) atoms. The zero-order valence-electron chi connectivity index (χ0n) is 16.7. The van der Waals surface area contributed by atoms with Gasteiger partial charge in [-0.1, -0.05) is 23.7 Å². The number of aryl methyl sites for hydroxylation is 2. The van der Waals surface area contributed by atoms with Gasteiger partial charge in [0.25, 0.3) is 10.0 Å². The number of sulfonamides is 1. The van der Waals surface area contributed by atoms with Crippen LogP contribution in [0.2, 0.25) is 5.02 Å². The van der Waals surface area contributed by atoms with Gasteiger partial charge in [0.15, 0.2) is 0 Å². The number of benzene rings is 2. The molecule has 0 radical (unpaired) electrons. The van der Waals surface area contributed by atoms with E-state index in [2.05, 4.69) is 14.8 Å². The van der Waals surface area contributed by atoms with Gasteiger partial charge in [0, 0.05) is 36.9 Å². The van der Waals surface area contributed by atoms with E-state index >= 15 is 0 Å². The third-order valence-corrected chi connectivity index (χ3v) is 7.29. The summed E-state index contributed by atoms with van der Waals surface area (Å²) in [5.74, 6) is 0.565. The highest BCUT2D eigenvalue weighted by molar-refractivity contribution is 7.89. The Kier molecular flexibility index (Phi) is 5.44. The van der Waals surface area contributed by atoms with Crippen molar-refractivity contribution in [3.05, 3.63) is 58.6 Å². The van der Waals surface area contributed by atoms with Crippen molar-refractivity contribution in [2.45, 2.75) is 18.7 Å². The molecule has 0 bridgehead atoms. The van der Waals surface area contributed by atoms with Crippen molar-refractivity contribution in [1.82, 2.24) is 9.21 Å². The van der Waals surface area contributed by atoms with Crippen LogP contribution in [0.25, 0.3) is 0 Å². The van der Waals surface area contributed by atoms with Crippen molar-refractivity contribution in [2.24, 2.45) is 4.99 Å². The van der Waals surface area contributed by atoms with Gasteiger partial charge >= 0.3 is 0 Å². The summed E-state index contributed by atoms with van der Waals surface area (Å²) in [4.78, 5) is 9.22. The van der Waals surface area contributed by atoms with E-state index in [0.29, 0.717) is 37.0 Å². The first-order chi connectivity index (χ1) is 13.8. The maximum absolute atomic E-state index is 13.3. The minimum absolute atomic E-state index is 0.335. The first-order valence-corrected chi connectivity index (χ1v) is 11.6. The molecule has 0 aromatic heterocycles. The molecule has 0 saturated carbocycles. The number of rotatable bonds is 3. The molecule has 0 N–H and O–H groups in total. The maximum Gasteiger partial charge on any atom is 0.266 e. The van der Waals surface area contributed by atoms with E-state index in [1.807, 2.05) is 44.2 Å². The lowest BCUT2D eigenvalue weighted by molar-refractivity contribution is 0.358. The highest BCUT2D eigenvalue weighted by atomic mass is 35.5. The Morgan fingerprint density at radius 2 is 1.55 bits per heavy atom. The number of hydrogen-bond donors (Lipinski definition) is 0. The zero-order valence-corrected chi connectivity index (χ0v) is 18.2. The number of halogens is 1. The Bertz CT molecular complexity index is 1030. The van der Waals surface area contributed by atoms with E-state index in [4.69, 9.17) is 11.6 Å². The highest BCUT2D eigenvalue weighted by Crippen LogP contribution is 2.25. The summed E-state index contributed by atoms with van der Waals surface area (Å²) in [6.07, 6.45) is 0. The molecule has 8 heteroatoms. The van der Waals surface area contributed by atoms with Gasteiger partial charge in [0.05, 0.1) is 18.0 Å². The molecule has 0 aliphatic carbocycles. The van der Waals surface area contributed by atoms with Gasteiger partial charge in [-0.25, -0.2) is 12.7 Å². The molecule has 0 unspecified atom stereocenters.